The van der Waals surface area contributed by atoms with E-state index in [2.05, 4.69) is 0 Å². The van der Waals surface area contributed by atoms with Gasteiger partial charge in [-0.05, 0) is 27.7 Å². The Bertz CT molecular complexity index is 210. The fourth-order valence-electron chi connectivity index (χ4n) is 1.20. The second-order valence-corrected chi connectivity index (χ2v) is 4.54. The lowest BCUT2D eigenvalue weighted by Gasteiger charge is -2.44. The number of rotatable bonds is 0. The molecular weight excluding hydrogens is 168 g/mol. The first kappa shape index (κ1) is 10.3. The number of likely N-dealkylation sites (tertiary alicyclic amines) is 1. The molecule has 0 aliphatic carbocycles. The van der Waals surface area contributed by atoms with Crippen LogP contribution in [0.2, 0.25) is 0 Å². The molecule has 2 atom stereocenters. The van der Waals surface area contributed by atoms with Crippen LogP contribution in [-0.2, 0) is 4.74 Å². The molecule has 76 valence electrons. The largest absolute Gasteiger partial charge is 0.444 e. The van der Waals surface area contributed by atoms with Gasteiger partial charge in [-0.15, -0.1) is 0 Å². The fraction of sp³-hybridized carbons (Fsp3) is 0.889. The third kappa shape index (κ3) is 2.34. The first-order valence-electron chi connectivity index (χ1n) is 4.56. The molecule has 0 aromatic rings. The summed E-state index contributed by atoms with van der Waals surface area (Å²) in [7, 11) is 0. The van der Waals surface area contributed by atoms with Crippen molar-refractivity contribution in [2.75, 3.05) is 6.54 Å². The molecule has 1 heterocycles. The Balaban J connectivity index is 2.42. The topological polar surface area (TPSA) is 55.6 Å². The summed E-state index contributed by atoms with van der Waals surface area (Å²) in [5.41, 5.74) is 5.24. The van der Waals surface area contributed by atoms with Crippen molar-refractivity contribution in [2.45, 2.75) is 45.4 Å². The molecule has 1 fully saturated rings. The molecule has 1 amide bonds. The van der Waals surface area contributed by atoms with Crippen LogP contribution in [0.15, 0.2) is 0 Å². The summed E-state index contributed by atoms with van der Waals surface area (Å²) in [4.78, 5) is 13.1. The van der Waals surface area contributed by atoms with Gasteiger partial charge in [0, 0.05) is 18.6 Å². The fourth-order valence-corrected chi connectivity index (χ4v) is 1.20. The van der Waals surface area contributed by atoms with E-state index in [4.69, 9.17) is 10.5 Å². The summed E-state index contributed by atoms with van der Waals surface area (Å²) in [6.45, 7) is 8.11. The Morgan fingerprint density at radius 3 is 2.38 bits per heavy atom. The van der Waals surface area contributed by atoms with Gasteiger partial charge in [-0.2, -0.15) is 0 Å². The Morgan fingerprint density at radius 2 is 2.08 bits per heavy atom. The highest BCUT2D eigenvalue weighted by Gasteiger charge is 2.38. The number of hydrogen-bond donors (Lipinski definition) is 1. The summed E-state index contributed by atoms with van der Waals surface area (Å²) >= 11 is 0. The lowest BCUT2D eigenvalue weighted by molar-refractivity contribution is -0.00861. The van der Waals surface area contributed by atoms with Crippen LogP contribution in [-0.4, -0.2) is 35.2 Å². The summed E-state index contributed by atoms with van der Waals surface area (Å²) < 4.78 is 5.19. The van der Waals surface area contributed by atoms with Crippen molar-refractivity contribution in [1.29, 1.82) is 0 Å². The van der Waals surface area contributed by atoms with Gasteiger partial charge in [0.15, 0.2) is 0 Å². The van der Waals surface area contributed by atoms with Crippen LogP contribution in [0.1, 0.15) is 27.7 Å². The molecule has 0 saturated carbocycles. The van der Waals surface area contributed by atoms with E-state index in [-0.39, 0.29) is 18.2 Å². The second-order valence-electron chi connectivity index (χ2n) is 4.54. The van der Waals surface area contributed by atoms with Gasteiger partial charge in [-0.3, -0.25) is 0 Å². The number of carbonyl (C=O) groups excluding carboxylic acids is 1. The standard InChI is InChI=1S/C9H18N2O2/c1-6-7(10)5-11(6)8(12)13-9(2,3)4/h6-7H,5,10H2,1-4H3/t6-,7+/m0/s1. The quantitative estimate of drug-likeness (QED) is 0.613. The van der Waals surface area contributed by atoms with E-state index < -0.39 is 5.60 Å². The number of nitrogens with two attached hydrogens (primary N) is 1. The SMILES string of the molecule is C[C@H]1[C@H](N)CN1C(=O)OC(C)(C)C. The predicted octanol–water partition coefficient (Wildman–Crippen LogP) is 0.953. The average molecular weight is 186 g/mol. The monoisotopic (exact) mass is 186 g/mol. The molecule has 13 heavy (non-hydrogen) atoms. The minimum absolute atomic E-state index is 0.104. The number of hydrogen-bond acceptors (Lipinski definition) is 3. The van der Waals surface area contributed by atoms with E-state index >= 15 is 0 Å². The van der Waals surface area contributed by atoms with E-state index in [0.29, 0.717) is 6.54 Å². The lowest BCUT2D eigenvalue weighted by Crippen LogP contribution is -2.65. The third-order valence-electron chi connectivity index (χ3n) is 2.15. The molecule has 0 aromatic carbocycles. The Morgan fingerprint density at radius 1 is 1.54 bits per heavy atom. The molecule has 4 heteroatoms. The first-order chi connectivity index (χ1) is 5.81. The van der Waals surface area contributed by atoms with Crippen LogP contribution in [0, 0.1) is 0 Å². The Labute approximate surface area is 79.0 Å². The van der Waals surface area contributed by atoms with Crippen molar-refractivity contribution < 1.29 is 9.53 Å². The molecular formula is C9H18N2O2. The molecule has 2 N–H and O–H groups in total. The van der Waals surface area contributed by atoms with E-state index in [1.807, 2.05) is 27.7 Å². The predicted molar refractivity (Wildman–Crippen MR) is 50.4 cm³/mol. The van der Waals surface area contributed by atoms with Crippen molar-refractivity contribution in [3.8, 4) is 0 Å². The number of amides is 1. The van der Waals surface area contributed by atoms with Crippen LogP contribution in [0.5, 0.6) is 0 Å². The summed E-state index contributed by atoms with van der Waals surface area (Å²) in [5, 5.41) is 0. The van der Waals surface area contributed by atoms with Crippen LogP contribution < -0.4 is 5.73 Å². The van der Waals surface area contributed by atoms with Crippen LogP contribution in [0.4, 0.5) is 4.79 Å². The van der Waals surface area contributed by atoms with Gasteiger partial charge < -0.3 is 15.4 Å². The van der Waals surface area contributed by atoms with Crippen molar-refractivity contribution in [2.24, 2.45) is 5.73 Å². The van der Waals surface area contributed by atoms with Gasteiger partial charge in [0.1, 0.15) is 5.60 Å². The zero-order chi connectivity index (χ0) is 10.2. The van der Waals surface area contributed by atoms with Gasteiger partial charge in [-0.1, -0.05) is 0 Å². The molecule has 4 nitrogen and oxygen atoms in total. The number of nitrogens with zero attached hydrogens (tertiary/aromatic N) is 1. The molecule has 0 unspecified atom stereocenters. The van der Waals surface area contributed by atoms with Crippen molar-refractivity contribution >= 4 is 6.09 Å². The maximum atomic E-state index is 11.4. The van der Waals surface area contributed by atoms with Crippen LogP contribution >= 0.6 is 0 Å². The highest BCUT2D eigenvalue weighted by Crippen LogP contribution is 2.19. The lowest BCUT2D eigenvalue weighted by atomic mass is 10.0. The van der Waals surface area contributed by atoms with Crippen LogP contribution in [0.25, 0.3) is 0 Å². The molecule has 1 aliphatic heterocycles. The van der Waals surface area contributed by atoms with Crippen molar-refractivity contribution in [3.05, 3.63) is 0 Å². The minimum atomic E-state index is -0.420. The normalized spacial score (nSPS) is 28.2. The summed E-state index contributed by atoms with van der Waals surface area (Å²) in [6, 6.07) is 0.211. The molecule has 1 saturated heterocycles. The highest BCUT2D eigenvalue weighted by molar-refractivity contribution is 5.70. The van der Waals surface area contributed by atoms with Gasteiger partial charge in [-0.25, -0.2) is 4.79 Å². The van der Waals surface area contributed by atoms with E-state index in [9.17, 15) is 4.79 Å². The molecule has 0 radical (unpaired) electrons. The number of ether oxygens (including phenoxy) is 1. The van der Waals surface area contributed by atoms with Crippen molar-refractivity contribution in [3.63, 3.8) is 0 Å². The smallest absolute Gasteiger partial charge is 0.410 e. The molecule has 1 aliphatic rings. The minimum Gasteiger partial charge on any atom is -0.444 e. The zero-order valence-electron chi connectivity index (χ0n) is 8.70. The van der Waals surface area contributed by atoms with E-state index in [1.54, 1.807) is 4.90 Å². The van der Waals surface area contributed by atoms with Gasteiger partial charge in [0.2, 0.25) is 0 Å². The maximum absolute atomic E-state index is 11.4. The van der Waals surface area contributed by atoms with Gasteiger partial charge >= 0.3 is 6.09 Å². The third-order valence-corrected chi connectivity index (χ3v) is 2.15. The molecule has 0 aromatic heterocycles. The highest BCUT2D eigenvalue weighted by atomic mass is 16.6. The Kier molecular flexibility index (Phi) is 2.52. The molecule has 1 rings (SSSR count). The van der Waals surface area contributed by atoms with E-state index in [1.165, 1.54) is 0 Å². The molecule has 0 spiro atoms. The Hall–Kier alpha value is -0.770. The molecule has 0 bridgehead atoms. The average Bonchev–Trinajstić information content (AvgIpc) is 1.95. The van der Waals surface area contributed by atoms with Gasteiger partial charge in [0.05, 0.1) is 0 Å². The number of carbonyl (C=O) groups is 1. The summed E-state index contributed by atoms with van der Waals surface area (Å²) in [6.07, 6.45) is -0.262. The van der Waals surface area contributed by atoms with Crippen LogP contribution in [0.3, 0.4) is 0 Å². The van der Waals surface area contributed by atoms with Gasteiger partial charge in [0.25, 0.3) is 0 Å². The first-order valence-corrected chi connectivity index (χ1v) is 4.56. The van der Waals surface area contributed by atoms with Crippen molar-refractivity contribution in [1.82, 2.24) is 4.90 Å². The maximum Gasteiger partial charge on any atom is 0.410 e. The van der Waals surface area contributed by atoms with E-state index in [0.717, 1.165) is 0 Å². The zero-order valence-corrected chi connectivity index (χ0v) is 8.70. The second kappa shape index (κ2) is 3.18. The summed E-state index contributed by atoms with van der Waals surface area (Å²) in [5.74, 6) is 0.